The second-order valence-electron chi connectivity index (χ2n) is 4.77. The van der Waals surface area contributed by atoms with Crippen molar-refractivity contribution in [2.45, 2.75) is 9.96 Å². The Hall–Kier alpha value is -0.410. The van der Waals surface area contributed by atoms with Crippen LogP contribution in [0.25, 0.3) is 0 Å². The lowest BCUT2D eigenvalue weighted by Crippen LogP contribution is -2.56. The van der Waals surface area contributed by atoms with Gasteiger partial charge in [-0.1, -0.05) is 58.0 Å². The SMILES string of the molecule is O=C(N[C@H](NC(=S)Nc1ccc(Cl)cc1Cl)C(Cl)(Cl)Cl)c1ccc(Br)o1. The number of nitrogens with one attached hydrogen (secondary N) is 3. The van der Waals surface area contributed by atoms with Gasteiger partial charge in [-0.25, -0.2) is 0 Å². The first kappa shape index (κ1) is 21.9. The molecule has 0 spiro atoms. The Kier molecular flexibility index (Phi) is 7.73. The number of amides is 1. The number of furan rings is 1. The standard InChI is InChI=1S/C14H9BrCl5N3O2S/c15-10-4-3-9(25-10)11(24)22-12(14(18,19)20)23-13(26)21-8-2-1-6(16)5-7(8)17/h1-5,12H,(H,22,24)(H2,21,23,26)/t12-/m1/s1. The number of carbonyl (C=O) groups excluding carboxylic acids is 1. The largest absolute Gasteiger partial charge is 0.444 e. The summed E-state index contributed by atoms with van der Waals surface area (Å²) >= 11 is 37.9. The molecule has 0 fully saturated rings. The number of halogens is 6. The van der Waals surface area contributed by atoms with E-state index in [-0.39, 0.29) is 10.9 Å². The van der Waals surface area contributed by atoms with Crippen molar-refractivity contribution in [1.82, 2.24) is 10.6 Å². The molecule has 1 aromatic heterocycles. The maximum Gasteiger partial charge on any atom is 0.288 e. The molecule has 0 aliphatic carbocycles. The Morgan fingerprint density at radius 2 is 1.85 bits per heavy atom. The zero-order valence-electron chi connectivity index (χ0n) is 12.5. The lowest BCUT2D eigenvalue weighted by Gasteiger charge is -2.27. The van der Waals surface area contributed by atoms with Crippen molar-refractivity contribution in [2.75, 3.05) is 5.32 Å². The molecule has 26 heavy (non-hydrogen) atoms. The molecule has 2 aromatic rings. The summed E-state index contributed by atoms with van der Waals surface area (Å²) in [6, 6.07) is 7.81. The van der Waals surface area contributed by atoms with Gasteiger partial charge in [-0.15, -0.1) is 0 Å². The van der Waals surface area contributed by atoms with Crippen LogP contribution in [0.2, 0.25) is 10.0 Å². The van der Waals surface area contributed by atoms with E-state index in [4.69, 9.17) is 74.6 Å². The van der Waals surface area contributed by atoms with Gasteiger partial charge in [0.25, 0.3) is 5.91 Å². The smallest absolute Gasteiger partial charge is 0.288 e. The molecule has 140 valence electrons. The molecule has 12 heteroatoms. The van der Waals surface area contributed by atoms with Gasteiger partial charge in [0, 0.05) is 5.02 Å². The maximum atomic E-state index is 12.2. The van der Waals surface area contributed by atoms with Crippen LogP contribution in [0, 0.1) is 0 Å². The third-order valence-electron chi connectivity index (χ3n) is 2.85. The van der Waals surface area contributed by atoms with Gasteiger partial charge in [0.2, 0.25) is 3.79 Å². The average Bonchev–Trinajstić information content (AvgIpc) is 2.95. The number of alkyl halides is 3. The molecule has 1 heterocycles. The molecule has 3 N–H and O–H groups in total. The highest BCUT2D eigenvalue weighted by molar-refractivity contribution is 9.10. The molecule has 1 atom stereocenters. The van der Waals surface area contributed by atoms with Crippen LogP contribution >= 0.6 is 86.2 Å². The first-order valence-electron chi connectivity index (χ1n) is 6.72. The Bertz CT molecular complexity index is 827. The summed E-state index contributed by atoms with van der Waals surface area (Å²) in [4.78, 5) is 12.2. The van der Waals surface area contributed by atoms with E-state index in [9.17, 15) is 4.79 Å². The van der Waals surface area contributed by atoms with E-state index >= 15 is 0 Å². The predicted molar refractivity (Wildman–Crippen MR) is 114 cm³/mol. The highest BCUT2D eigenvalue weighted by atomic mass is 79.9. The zero-order chi connectivity index (χ0) is 19.5. The minimum absolute atomic E-state index is 0.0255. The second kappa shape index (κ2) is 9.19. The number of benzene rings is 1. The van der Waals surface area contributed by atoms with E-state index in [1.165, 1.54) is 12.1 Å². The number of rotatable bonds is 4. The van der Waals surface area contributed by atoms with E-state index in [1.807, 2.05) is 0 Å². The van der Waals surface area contributed by atoms with Crippen LogP contribution in [0.1, 0.15) is 10.6 Å². The zero-order valence-corrected chi connectivity index (χ0v) is 18.6. The summed E-state index contributed by atoms with van der Waals surface area (Å²) in [7, 11) is 0. The summed E-state index contributed by atoms with van der Waals surface area (Å²) in [6.45, 7) is 0. The summed E-state index contributed by atoms with van der Waals surface area (Å²) in [5.74, 6) is -0.579. The maximum absolute atomic E-state index is 12.2. The summed E-state index contributed by atoms with van der Waals surface area (Å²) < 4.78 is 3.63. The Labute approximate surface area is 187 Å². The summed E-state index contributed by atoms with van der Waals surface area (Å²) in [6.07, 6.45) is -1.16. The number of hydrogen-bond donors (Lipinski definition) is 3. The lowest BCUT2D eigenvalue weighted by atomic mass is 10.3. The third-order valence-corrected chi connectivity index (χ3v) is 4.70. The van der Waals surface area contributed by atoms with E-state index in [2.05, 4.69) is 31.9 Å². The van der Waals surface area contributed by atoms with Crippen molar-refractivity contribution in [3.8, 4) is 0 Å². The highest BCUT2D eigenvalue weighted by Crippen LogP contribution is 2.30. The van der Waals surface area contributed by atoms with Gasteiger partial charge in [0.05, 0.1) is 10.7 Å². The first-order chi connectivity index (χ1) is 12.1. The number of anilines is 1. The second-order valence-corrected chi connectivity index (χ2v) is 9.18. The van der Waals surface area contributed by atoms with E-state index in [0.29, 0.717) is 20.4 Å². The fourth-order valence-electron chi connectivity index (χ4n) is 1.72. The molecule has 0 aliphatic heterocycles. The van der Waals surface area contributed by atoms with Crippen LogP contribution in [0.4, 0.5) is 5.69 Å². The van der Waals surface area contributed by atoms with Gasteiger partial charge in [-0.2, -0.15) is 0 Å². The molecule has 0 saturated heterocycles. The van der Waals surface area contributed by atoms with Crippen molar-refractivity contribution in [3.05, 3.63) is 50.8 Å². The van der Waals surface area contributed by atoms with Crippen LogP contribution < -0.4 is 16.0 Å². The Balaban J connectivity index is 2.07. The van der Waals surface area contributed by atoms with Crippen LogP contribution in [0.15, 0.2) is 39.4 Å². The summed E-state index contributed by atoms with van der Waals surface area (Å²) in [5.41, 5.74) is 0.484. The molecule has 0 radical (unpaired) electrons. The van der Waals surface area contributed by atoms with E-state index < -0.39 is 15.9 Å². The van der Waals surface area contributed by atoms with Crippen LogP contribution in [0.5, 0.6) is 0 Å². The predicted octanol–water partition coefficient (Wildman–Crippen LogP) is 5.76. The molecule has 0 aliphatic rings. The summed E-state index contributed by atoms with van der Waals surface area (Å²) in [5, 5.41) is 8.89. The molecule has 5 nitrogen and oxygen atoms in total. The minimum atomic E-state index is -1.91. The Morgan fingerprint density at radius 1 is 1.15 bits per heavy atom. The Morgan fingerprint density at radius 3 is 2.38 bits per heavy atom. The average molecular weight is 540 g/mol. The van der Waals surface area contributed by atoms with Crippen molar-refractivity contribution in [2.24, 2.45) is 0 Å². The van der Waals surface area contributed by atoms with Crippen molar-refractivity contribution in [3.63, 3.8) is 0 Å². The quantitative estimate of drug-likeness (QED) is 0.262. The molecule has 0 bridgehead atoms. The molecule has 1 aromatic carbocycles. The molecule has 2 rings (SSSR count). The van der Waals surface area contributed by atoms with Crippen molar-refractivity contribution >= 4 is 103 Å². The molecule has 1 amide bonds. The van der Waals surface area contributed by atoms with Crippen LogP contribution in [0.3, 0.4) is 0 Å². The van der Waals surface area contributed by atoms with Crippen molar-refractivity contribution in [1.29, 1.82) is 0 Å². The van der Waals surface area contributed by atoms with Gasteiger partial charge < -0.3 is 20.4 Å². The van der Waals surface area contributed by atoms with Crippen molar-refractivity contribution < 1.29 is 9.21 Å². The molecular weight excluding hydrogens is 531 g/mol. The molecular formula is C14H9BrCl5N3O2S. The number of thiocarbonyl (C=S) groups is 1. The minimum Gasteiger partial charge on any atom is -0.444 e. The van der Waals surface area contributed by atoms with Gasteiger partial charge in [-0.05, 0) is 58.5 Å². The monoisotopic (exact) mass is 537 g/mol. The van der Waals surface area contributed by atoms with Crippen LogP contribution in [-0.4, -0.2) is 21.0 Å². The van der Waals surface area contributed by atoms with Crippen LogP contribution in [-0.2, 0) is 0 Å². The highest BCUT2D eigenvalue weighted by Gasteiger charge is 2.35. The third kappa shape index (κ3) is 6.34. The molecule has 0 saturated carbocycles. The number of hydrogen-bond acceptors (Lipinski definition) is 3. The van der Waals surface area contributed by atoms with Gasteiger partial charge in [0.15, 0.2) is 15.5 Å². The van der Waals surface area contributed by atoms with Gasteiger partial charge >= 0.3 is 0 Å². The van der Waals surface area contributed by atoms with E-state index in [0.717, 1.165) is 0 Å². The fraction of sp³-hybridized carbons (Fsp3) is 0.143. The van der Waals surface area contributed by atoms with E-state index in [1.54, 1.807) is 18.2 Å². The lowest BCUT2D eigenvalue weighted by molar-refractivity contribution is 0.0905. The topological polar surface area (TPSA) is 66.3 Å². The molecule has 0 unspecified atom stereocenters. The number of carbonyl (C=O) groups is 1. The first-order valence-corrected chi connectivity index (χ1v) is 9.81. The van der Waals surface area contributed by atoms with Gasteiger partial charge in [0.1, 0.15) is 6.17 Å². The normalized spacial score (nSPS) is 12.4. The fourth-order valence-corrected chi connectivity index (χ4v) is 3.04. The van der Waals surface area contributed by atoms with Gasteiger partial charge in [-0.3, -0.25) is 4.79 Å².